The number of amides is 1. The normalized spacial score (nSPS) is 17.8. The van der Waals surface area contributed by atoms with Gasteiger partial charge in [0.15, 0.2) is 0 Å². The molecule has 1 saturated heterocycles. The van der Waals surface area contributed by atoms with E-state index in [-0.39, 0.29) is 18.6 Å². The third-order valence-corrected chi connectivity index (χ3v) is 2.55. The smallest absolute Gasteiger partial charge is 0.247 e. The Labute approximate surface area is 97.1 Å². The molecule has 0 aromatic rings. The van der Waals surface area contributed by atoms with Gasteiger partial charge in [-0.05, 0) is 39.8 Å². The van der Waals surface area contributed by atoms with Gasteiger partial charge < -0.3 is 15.4 Å². The monoisotopic (exact) mass is 224 g/mol. The van der Waals surface area contributed by atoms with E-state index in [1.54, 1.807) is 13.8 Å². The van der Waals surface area contributed by atoms with Crippen molar-refractivity contribution in [2.75, 3.05) is 19.7 Å². The SMILES string of the molecule is C#CC(C)(C)NC(=O)COC1CCNCC1. The first-order valence-electron chi connectivity index (χ1n) is 5.64. The van der Waals surface area contributed by atoms with Gasteiger partial charge in [0.1, 0.15) is 6.61 Å². The second kappa shape index (κ2) is 5.88. The first-order chi connectivity index (χ1) is 7.53. The summed E-state index contributed by atoms with van der Waals surface area (Å²) in [6.07, 6.45) is 7.40. The van der Waals surface area contributed by atoms with E-state index in [4.69, 9.17) is 11.2 Å². The zero-order valence-electron chi connectivity index (χ0n) is 10.0. The summed E-state index contributed by atoms with van der Waals surface area (Å²) in [6, 6.07) is 0. The molecule has 1 heterocycles. The molecule has 0 bridgehead atoms. The summed E-state index contributed by atoms with van der Waals surface area (Å²) >= 11 is 0. The lowest BCUT2D eigenvalue weighted by atomic mass is 10.1. The van der Waals surface area contributed by atoms with Crippen LogP contribution in [0.1, 0.15) is 26.7 Å². The topological polar surface area (TPSA) is 50.4 Å². The van der Waals surface area contributed by atoms with E-state index in [1.807, 2.05) is 0 Å². The summed E-state index contributed by atoms with van der Waals surface area (Å²) in [5, 5.41) is 5.97. The number of ether oxygens (including phenoxy) is 1. The highest BCUT2D eigenvalue weighted by Crippen LogP contribution is 2.07. The van der Waals surface area contributed by atoms with Gasteiger partial charge in [0.25, 0.3) is 0 Å². The number of carbonyl (C=O) groups is 1. The van der Waals surface area contributed by atoms with Crippen LogP contribution in [0.5, 0.6) is 0 Å². The third-order valence-electron chi connectivity index (χ3n) is 2.55. The minimum atomic E-state index is -0.603. The second-order valence-electron chi connectivity index (χ2n) is 4.58. The van der Waals surface area contributed by atoms with Gasteiger partial charge in [-0.1, -0.05) is 5.92 Å². The zero-order valence-corrected chi connectivity index (χ0v) is 10.0. The first kappa shape index (κ1) is 13.0. The van der Waals surface area contributed by atoms with Gasteiger partial charge in [-0.25, -0.2) is 0 Å². The van der Waals surface area contributed by atoms with E-state index in [2.05, 4.69) is 16.6 Å². The van der Waals surface area contributed by atoms with Crippen molar-refractivity contribution >= 4 is 5.91 Å². The Morgan fingerprint density at radius 1 is 1.56 bits per heavy atom. The molecule has 16 heavy (non-hydrogen) atoms. The standard InChI is InChI=1S/C12H20N2O2/c1-4-12(2,3)14-11(15)9-16-10-5-7-13-8-6-10/h1,10,13H,5-9H2,2-3H3,(H,14,15). The van der Waals surface area contributed by atoms with Crippen LogP contribution in [0, 0.1) is 12.3 Å². The number of piperidine rings is 1. The molecule has 0 aromatic carbocycles. The van der Waals surface area contributed by atoms with Crippen molar-refractivity contribution in [1.82, 2.24) is 10.6 Å². The lowest BCUT2D eigenvalue weighted by Gasteiger charge is -2.24. The molecular weight excluding hydrogens is 204 g/mol. The number of nitrogens with one attached hydrogen (secondary N) is 2. The van der Waals surface area contributed by atoms with E-state index in [1.165, 1.54) is 0 Å². The number of hydrogen-bond acceptors (Lipinski definition) is 3. The van der Waals surface area contributed by atoms with Crippen molar-refractivity contribution in [2.24, 2.45) is 0 Å². The molecule has 4 heteroatoms. The Kier molecular flexibility index (Phi) is 4.78. The molecule has 0 spiro atoms. The molecule has 90 valence electrons. The fraction of sp³-hybridized carbons (Fsp3) is 0.750. The molecule has 1 aliphatic rings. The van der Waals surface area contributed by atoms with Crippen LogP contribution in [0.3, 0.4) is 0 Å². The van der Waals surface area contributed by atoms with E-state index in [0.717, 1.165) is 25.9 Å². The summed E-state index contributed by atoms with van der Waals surface area (Å²) in [7, 11) is 0. The number of hydrogen-bond donors (Lipinski definition) is 2. The molecule has 0 aromatic heterocycles. The van der Waals surface area contributed by atoms with E-state index in [9.17, 15) is 4.79 Å². The maximum Gasteiger partial charge on any atom is 0.247 e. The Hall–Kier alpha value is -1.05. The average molecular weight is 224 g/mol. The molecule has 1 aliphatic heterocycles. The Balaban J connectivity index is 2.22. The minimum absolute atomic E-state index is 0.0930. The molecule has 0 atom stereocenters. The Morgan fingerprint density at radius 2 is 2.19 bits per heavy atom. The maximum absolute atomic E-state index is 11.5. The quantitative estimate of drug-likeness (QED) is 0.675. The average Bonchev–Trinajstić information content (AvgIpc) is 2.27. The van der Waals surface area contributed by atoms with Gasteiger partial charge in [0, 0.05) is 0 Å². The number of rotatable bonds is 4. The third kappa shape index (κ3) is 4.65. The molecule has 1 fully saturated rings. The van der Waals surface area contributed by atoms with Crippen LogP contribution >= 0.6 is 0 Å². The van der Waals surface area contributed by atoms with Crippen LogP contribution in [-0.4, -0.2) is 37.2 Å². The minimum Gasteiger partial charge on any atom is -0.368 e. The fourth-order valence-electron chi connectivity index (χ4n) is 1.58. The van der Waals surface area contributed by atoms with Crippen molar-refractivity contribution in [2.45, 2.75) is 38.3 Å². The molecule has 0 aliphatic carbocycles. The fourth-order valence-corrected chi connectivity index (χ4v) is 1.58. The molecule has 0 saturated carbocycles. The highest BCUT2D eigenvalue weighted by molar-refractivity contribution is 5.78. The molecule has 4 nitrogen and oxygen atoms in total. The van der Waals surface area contributed by atoms with Crippen LogP contribution in [0.25, 0.3) is 0 Å². The van der Waals surface area contributed by atoms with Gasteiger partial charge in [0.2, 0.25) is 5.91 Å². The van der Waals surface area contributed by atoms with Crippen molar-refractivity contribution in [3.05, 3.63) is 0 Å². The number of carbonyl (C=O) groups excluding carboxylic acids is 1. The maximum atomic E-state index is 11.5. The highest BCUT2D eigenvalue weighted by Gasteiger charge is 2.19. The summed E-state index contributed by atoms with van der Waals surface area (Å²) in [5.41, 5.74) is -0.603. The van der Waals surface area contributed by atoms with Crippen LogP contribution in [-0.2, 0) is 9.53 Å². The van der Waals surface area contributed by atoms with Gasteiger partial charge in [-0.3, -0.25) is 4.79 Å². The summed E-state index contributed by atoms with van der Waals surface area (Å²) in [6.45, 7) is 5.59. The van der Waals surface area contributed by atoms with Crippen molar-refractivity contribution in [3.63, 3.8) is 0 Å². The van der Waals surface area contributed by atoms with Crippen molar-refractivity contribution in [3.8, 4) is 12.3 Å². The highest BCUT2D eigenvalue weighted by atomic mass is 16.5. The second-order valence-corrected chi connectivity index (χ2v) is 4.58. The van der Waals surface area contributed by atoms with Gasteiger partial charge in [-0.15, -0.1) is 6.42 Å². The summed E-state index contributed by atoms with van der Waals surface area (Å²) in [4.78, 5) is 11.5. The van der Waals surface area contributed by atoms with Crippen LogP contribution in [0.4, 0.5) is 0 Å². The van der Waals surface area contributed by atoms with Crippen molar-refractivity contribution < 1.29 is 9.53 Å². The molecule has 2 N–H and O–H groups in total. The summed E-state index contributed by atoms with van der Waals surface area (Å²) in [5.74, 6) is 2.36. The lowest BCUT2D eigenvalue weighted by molar-refractivity contribution is -0.129. The molecule has 1 rings (SSSR count). The molecule has 0 unspecified atom stereocenters. The van der Waals surface area contributed by atoms with Crippen LogP contribution in [0.15, 0.2) is 0 Å². The lowest BCUT2D eigenvalue weighted by Crippen LogP contribution is -2.44. The Bertz CT molecular complexity index is 275. The number of terminal acetylenes is 1. The predicted octanol–water partition coefficient (Wildman–Crippen LogP) is 0.283. The van der Waals surface area contributed by atoms with E-state index < -0.39 is 5.54 Å². The van der Waals surface area contributed by atoms with E-state index in [0.29, 0.717) is 0 Å². The first-order valence-corrected chi connectivity index (χ1v) is 5.64. The predicted molar refractivity (Wildman–Crippen MR) is 62.9 cm³/mol. The van der Waals surface area contributed by atoms with Crippen LogP contribution in [0.2, 0.25) is 0 Å². The molecular formula is C12H20N2O2. The molecule has 0 radical (unpaired) electrons. The van der Waals surface area contributed by atoms with Gasteiger partial charge in [0.05, 0.1) is 11.6 Å². The van der Waals surface area contributed by atoms with E-state index >= 15 is 0 Å². The summed E-state index contributed by atoms with van der Waals surface area (Å²) < 4.78 is 5.51. The van der Waals surface area contributed by atoms with Crippen LogP contribution < -0.4 is 10.6 Å². The van der Waals surface area contributed by atoms with Gasteiger partial charge in [-0.2, -0.15) is 0 Å². The largest absolute Gasteiger partial charge is 0.368 e. The Morgan fingerprint density at radius 3 is 2.75 bits per heavy atom. The zero-order chi connectivity index (χ0) is 12.0. The van der Waals surface area contributed by atoms with Crippen molar-refractivity contribution in [1.29, 1.82) is 0 Å². The molecule has 1 amide bonds. The van der Waals surface area contributed by atoms with Gasteiger partial charge >= 0.3 is 0 Å².